The zero-order valence-corrected chi connectivity index (χ0v) is 34.2. The number of hydrogen-bond donors (Lipinski definition) is 0. The van der Waals surface area contributed by atoms with Crippen molar-refractivity contribution in [2.75, 3.05) is 11.9 Å². The van der Waals surface area contributed by atoms with E-state index < -0.39 is 0 Å². The molecule has 8 aromatic rings. The van der Waals surface area contributed by atoms with Crippen molar-refractivity contribution in [1.29, 1.82) is 0 Å². The maximum Gasteiger partial charge on any atom is 0.145 e. The summed E-state index contributed by atoms with van der Waals surface area (Å²) in [6, 6.07) is 48.2. The van der Waals surface area contributed by atoms with Gasteiger partial charge in [0.25, 0.3) is 0 Å². The standard InChI is InChI=1S/C51H53N5/c1-32(2)40-22-16-23-41(33(3)4)48(40)55-46-28-12-10-26-44(46)52-50(55)36-18-14-20-38(30-36)54(9)39-21-15-19-37(31-39)51-53-45-27-11-13-29-47(45)56(51)49-42(34(5)6)24-17-25-43(49)35(7)8/h10-35H,1-9H3. The predicted molar refractivity (Wildman–Crippen MR) is 237 cm³/mol. The molecular weight excluding hydrogens is 683 g/mol. The van der Waals surface area contributed by atoms with Gasteiger partial charge in [0.05, 0.1) is 33.4 Å². The molecule has 0 bridgehead atoms. The first-order chi connectivity index (χ1) is 27.0. The highest BCUT2D eigenvalue weighted by Gasteiger charge is 2.24. The number of imidazole rings is 2. The molecule has 0 N–H and O–H groups in total. The van der Waals surface area contributed by atoms with E-state index in [1.54, 1.807) is 0 Å². The SMILES string of the molecule is CC(C)c1cccc(C(C)C)c1-n1c(-c2cccc(N(C)c3cccc(-c4nc5ccccc5n4-c4c(C(C)C)cccc4C(C)C)c3)c2)nc2ccccc21. The molecule has 0 radical (unpaired) electrons. The lowest BCUT2D eigenvalue weighted by Crippen LogP contribution is -2.11. The summed E-state index contributed by atoms with van der Waals surface area (Å²) < 4.78 is 4.81. The van der Waals surface area contributed by atoms with Gasteiger partial charge in [-0.2, -0.15) is 0 Å². The molecule has 5 nitrogen and oxygen atoms in total. The summed E-state index contributed by atoms with van der Waals surface area (Å²) in [6.45, 7) is 18.3. The summed E-state index contributed by atoms with van der Waals surface area (Å²) in [7, 11) is 2.15. The Kier molecular flexibility index (Phi) is 9.88. The van der Waals surface area contributed by atoms with Crippen LogP contribution < -0.4 is 4.90 Å². The Morgan fingerprint density at radius 2 is 0.750 bits per heavy atom. The number of benzene rings is 6. The molecule has 5 heteroatoms. The van der Waals surface area contributed by atoms with Gasteiger partial charge in [-0.15, -0.1) is 0 Å². The van der Waals surface area contributed by atoms with Crippen molar-refractivity contribution in [3.63, 3.8) is 0 Å². The molecule has 0 aliphatic heterocycles. The minimum absolute atomic E-state index is 0.353. The molecule has 6 aromatic carbocycles. The third-order valence-electron chi connectivity index (χ3n) is 11.2. The average Bonchev–Trinajstić information content (AvgIpc) is 3.79. The number of rotatable bonds is 10. The van der Waals surface area contributed by atoms with E-state index in [1.165, 1.54) is 33.6 Å². The number of anilines is 2. The molecule has 0 amide bonds. The second kappa shape index (κ2) is 15.0. The van der Waals surface area contributed by atoms with Crippen molar-refractivity contribution in [3.05, 3.63) is 156 Å². The maximum atomic E-state index is 5.32. The maximum absolute atomic E-state index is 5.32. The Morgan fingerprint density at radius 1 is 0.411 bits per heavy atom. The largest absolute Gasteiger partial charge is 0.345 e. The lowest BCUT2D eigenvalue weighted by molar-refractivity contribution is 0.811. The van der Waals surface area contributed by atoms with Crippen molar-refractivity contribution in [2.45, 2.75) is 79.1 Å². The Bertz CT molecular complexity index is 2450. The highest BCUT2D eigenvalue weighted by atomic mass is 15.1. The fourth-order valence-corrected chi connectivity index (χ4v) is 8.29. The Hall–Kier alpha value is -5.94. The van der Waals surface area contributed by atoms with E-state index >= 15 is 0 Å². The highest BCUT2D eigenvalue weighted by Crippen LogP contribution is 2.40. The Morgan fingerprint density at radius 3 is 1.11 bits per heavy atom. The fraction of sp³-hybridized carbons (Fsp3) is 0.255. The number of para-hydroxylation sites is 6. The third kappa shape index (κ3) is 6.49. The third-order valence-corrected chi connectivity index (χ3v) is 11.2. The molecule has 2 aromatic heterocycles. The molecule has 0 aliphatic carbocycles. The predicted octanol–water partition coefficient (Wildman–Crippen LogP) is 14.0. The van der Waals surface area contributed by atoms with Crippen LogP contribution in [-0.2, 0) is 0 Å². The van der Waals surface area contributed by atoms with Gasteiger partial charge in [-0.1, -0.05) is 140 Å². The van der Waals surface area contributed by atoms with Crippen LogP contribution in [0.2, 0.25) is 0 Å². The monoisotopic (exact) mass is 735 g/mol. The lowest BCUT2D eigenvalue weighted by Gasteiger charge is -2.24. The van der Waals surface area contributed by atoms with E-state index in [2.05, 4.69) is 210 Å². The highest BCUT2D eigenvalue weighted by molar-refractivity contribution is 5.87. The van der Waals surface area contributed by atoms with Gasteiger partial charge >= 0.3 is 0 Å². The van der Waals surface area contributed by atoms with Gasteiger partial charge < -0.3 is 4.90 Å². The summed E-state index contributed by atoms with van der Waals surface area (Å²) in [6.07, 6.45) is 0. The second-order valence-corrected chi connectivity index (χ2v) is 16.4. The van der Waals surface area contributed by atoms with Crippen molar-refractivity contribution in [2.24, 2.45) is 0 Å². The molecule has 0 atom stereocenters. The molecule has 0 fully saturated rings. The van der Waals surface area contributed by atoms with E-state index in [1.807, 2.05) is 0 Å². The summed E-state index contributed by atoms with van der Waals surface area (Å²) >= 11 is 0. The normalized spacial score (nSPS) is 11.9. The quantitative estimate of drug-likeness (QED) is 0.140. The zero-order chi connectivity index (χ0) is 39.2. The first kappa shape index (κ1) is 37.0. The van der Waals surface area contributed by atoms with Crippen LogP contribution >= 0.6 is 0 Å². The first-order valence-electron chi connectivity index (χ1n) is 20.2. The number of nitrogens with zero attached hydrogens (tertiary/aromatic N) is 5. The minimum Gasteiger partial charge on any atom is -0.345 e. The van der Waals surface area contributed by atoms with Crippen LogP contribution in [0.4, 0.5) is 11.4 Å². The van der Waals surface area contributed by atoms with Crippen LogP contribution in [0.5, 0.6) is 0 Å². The summed E-state index contributed by atoms with van der Waals surface area (Å²) in [5.74, 6) is 3.31. The fourth-order valence-electron chi connectivity index (χ4n) is 8.29. The van der Waals surface area contributed by atoms with Crippen molar-refractivity contribution in [1.82, 2.24) is 19.1 Å². The molecule has 0 spiro atoms. The summed E-state index contributed by atoms with van der Waals surface area (Å²) in [5.41, 5.74) is 16.3. The van der Waals surface area contributed by atoms with Gasteiger partial charge in [0.15, 0.2) is 0 Å². The van der Waals surface area contributed by atoms with Crippen LogP contribution in [-0.4, -0.2) is 26.1 Å². The van der Waals surface area contributed by atoms with E-state index in [9.17, 15) is 0 Å². The lowest BCUT2D eigenvalue weighted by atomic mass is 9.92. The van der Waals surface area contributed by atoms with Crippen LogP contribution in [0.1, 0.15) is 101 Å². The molecule has 0 aliphatic rings. The molecule has 0 unspecified atom stereocenters. The topological polar surface area (TPSA) is 38.9 Å². The van der Waals surface area contributed by atoms with E-state index in [4.69, 9.17) is 9.97 Å². The smallest absolute Gasteiger partial charge is 0.145 e. The van der Waals surface area contributed by atoms with Crippen molar-refractivity contribution < 1.29 is 0 Å². The van der Waals surface area contributed by atoms with Crippen LogP contribution in [0.15, 0.2) is 133 Å². The summed E-state index contributed by atoms with van der Waals surface area (Å²) in [4.78, 5) is 12.9. The van der Waals surface area contributed by atoms with Gasteiger partial charge in [-0.05, 0) is 94.5 Å². The van der Waals surface area contributed by atoms with Crippen molar-refractivity contribution >= 4 is 33.4 Å². The Balaban J connectivity index is 1.26. The van der Waals surface area contributed by atoms with E-state index in [0.717, 1.165) is 56.2 Å². The van der Waals surface area contributed by atoms with Gasteiger partial charge in [0.1, 0.15) is 11.6 Å². The number of aromatic nitrogens is 4. The Labute approximate surface area is 332 Å². The number of hydrogen-bond acceptors (Lipinski definition) is 3. The zero-order valence-electron chi connectivity index (χ0n) is 34.2. The molecule has 2 heterocycles. The molecule has 56 heavy (non-hydrogen) atoms. The van der Waals surface area contributed by atoms with E-state index in [0.29, 0.717) is 23.7 Å². The van der Waals surface area contributed by atoms with Crippen LogP contribution in [0.25, 0.3) is 56.2 Å². The summed E-state index contributed by atoms with van der Waals surface area (Å²) in [5, 5.41) is 0. The van der Waals surface area contributed by atoms with Gasteiger partial charge in [0.2, 0.25) is 0 Å². The van der Waals surface area contributed by atoms with Gasteiger partial charge in [-0.25, -0.2) is 9.97 Å². The van der Waals surface area contributed by atoms with Gasteiger partial charge in [0, 0.05) is 29.5 Å². The molecule has 0 saturated heterocycles. The van der Waals surface area contributed by atoms with Gasteiger partial charge in [-0.3, -0.25) is 9.13 Å². The van der Waals surface area contributed by atoms with Crippen molar-refractivity contribution in [3.8, 4) is 34.2 Å². The van der Waals surface area contributed by atoms with E-state index in [-0.39, 0.29) is 0 Å². The molecular formula is C51H53N5. The van der Waals surface area contributed by atoms with Crippen LogP contribution in [0.3, 0.4) is 0 Å². The molecule has 0 saturated carbocycles. The first-order valence-corrected chi connectivity index (χ1v) is 20.2. The van der Waals surface area contributed by atoms with Crippen LogP contribution in [0, 0.1) is 0 Å². The second-order valence-electron chi connectivity index (χ2n) is 16.4. The molecule has 8 rings (SSSR count). The average molecular weight is 736 g/mol. The number of fused-ring (bicyclic) bond motifs is 2. The molecule has 282 valence electrons. The minimum atomic E-state index is 0.353.